The number of alkyl halides is 1. The Labute approximate surface area is 123 Å². The molecule has 4 nitrogen and oxygen atoms in total. The fraction of sp³-hybridized carbons (Fsp3) is 0.500. The number of hydrogen-bond acceptors (Lipinski definition) is 3. The maximum absolute atomic E-state index is 12.6. The Balaban J connectivity index is 2.32. The van der Waals surface area contributed by atoms with Crippen LogP contribution < -0.4 is 0 Å². The SMILES string of the molecule is CC1COC(CCl)CN1S(=O)(=O)c1cccc(Cl)c1. The number of sulfonamides is 1. The van der Waals surface area contributed by atoms with Crippen LogP contribution >= 0.6 is 23.2 Å². The van der Waals surface area contributed by atoms with Gasteiger partial charge in [-0.25, -0.2) is 8.42 Å². The molecule has 106 valence electrons. The normalized spacial score (nSPS) is 25.4. The van der Waals surface area contributed by atoms with Gasteiger partial charge in [-0.1, -0.05) is 17.7 Å². The van der Waals surface area contributed by atoms with Crippen LogP contribution in [0, 0.1) is 0 Å². The molecule has 0 aliphatic carbocycles. The van der Waals surface area contributed by atoms with E-state index in [1.54, 1.807) is 18.2 Å². The lowest BCUT2D eigenvalue weighted by atomic mass is 10.2. The quantitative estimate of drug-likeness (QED) is 0.802. The van der Waals surface area contributed by atoms with E-state index in [4.69, 9.17) is 27.9 Å². The van der Waals surface area contributed by atoms with E-state index in [2.05, 4.69) is 0 Å². The van der Waals surface area contributed by atoms with Crippen molar-refractivity contribution >= 4 is 33.2 Å². The van der Waals surface area contributed by atoms with Crippen molar-refractivity contribution in [3.63, 3.8) is 0 Å². The summed E-state index contributed by atoms with van der Waals surface area (Å²) in [5.74, 6) is 0.272. The van der Waals surface area contributed by atoms with E-state index in [0.29, 0.717) is 11.6 Å². The van der Waals surface area contributed by atoms with Gasteiger partial charge in [0, 0.05) is 23.5 Å². The number of benzene rings is 1. The summed E-state index contributed by atoms with van der Waals surface area (Å²) in [6.45, 7) is 2.42. The van der Waals surface area contributed by atoms with E-state index >= 15 is 0 Å². The summed E-state index contributed by atoms with van der Waals surface area (Å²) in [5.41, 5.74) is 0. The number of morpholine rings is 1. The molecule has 1 aliphatic rings. The van der Waals surface area contributed by atoms with Crippen LogP contribution in [0.15, 0.2) is 29.2 Å². The van der Waals surface area contributed by atoms with Crippen LogP contribution in [-0.4, -0.2) is 43.9 Å². The molecule has 1 fully saturated rings. The predicted molar refractivity (Wildman–Crippen MR) is 75.3 cm³/mol. The molecule has 0 aromatic heterocycles. The molecule has 1 heterocycles. The number of hydrogen-bond donors (Lipinski definition) is 0. The average Bonchev–Trinajstić information content (AvgIpc) is 2.39. The maximum Gasteiger partial charge on any atom is 0.243 e. The number of halogens is 2. The standard InChI is InChI=1S/C12H15Cl2NO3S/c1-9-8-18-11(6-13)7-15(9)19(16,17)12-4-2-3-10(14)5-12/h2-5,9,11H,6-8H2,1H3. The summed E-state index contributed by atoms with van der Waals surface area (Å²) in [4.78, 5) is 0.196. The Morgan fingerprint density at radius 3 is 2.84 bits per heavy atom. The highest BCUT2D eigenvalue weighted by Crippen LogP contribution is 2.24. The molecule has 1 aliphatic heterocycles. The number of ether oxygens (including phenoxy) is 1. The van der Waals surface area contributed by atoms with E-state index in [1.165, 1.54) is 10.4 Å². The van der Waals surface area contributed by atoms with Gasteiger partial charge in [-0.2, -0.15) is 4.31 Å². The van der Waals surface area contributed by atoms with Crippen LogP contribution in [0.5, 0.6) is 0 Å². The van der Waals surface area contributed by atoms with E-state index in [-0.39, 0.29) is 29.5 Å². The molecule has 0 spiro atoms. The van der Waals surface area contributed by atoms with Gasteiger partial charge in [-0.3, -0.25) is 0 Å². The van der Waals surface area contributed by atoms with E-state index in [9.17, 15) is 8.42 Å². The number of rotatable bonds is 3. The Morgan fingerprint density at radius 2 is 2.21 bits per heavy atom. The van der Waals surface area contributed by atoms with Crippen LogP contribution in [0.4, 0.5) is 0 Å². The molecule has 19 heavy (non-hydrogen) atoms. The Kier molecular flexibility index (Phi) is 4.74. The fourth-order valence-corrected chi connectivity index (χ4v) is 4.12. The number of nitrogens with zero attached hydrogens (tertiary/aromatic N) is 1. The highest BCUT2D eigenvalue weighted by molar-refractivity contribution is 7.89. The lowest BCUT2D eigenvalue weighted by Crippen LogP contribution is -2.51. The summed E-state index contributed by atoms with van der Waals surface area (Å²) in [6.07, 6.45) is -0.271. The van der Waals surface area contributed by atoms with Crippen molar-refractivity contribution in [2.45, 2.75) is 24.0 Å². The maximum atomic E-state index is 12.6. The van der Waals surface area contributed by atoms with Gasteiger partial charge in [0.05, 0.1) is 17.6 Å². The lowest BCUT2D eigenvalue weighted by Gasteiger charge is -2.36. The van der Waals surface area contributed by atoms with E-state index in [1.807, 2.05) is 6.92 Å². The lowest BCUT2D eigenvalue weighted by molar-refractivity contribution is -0.0152. The molecule has 0 saturated carbocycles. The Bertz CT molecular complexity index is 550. The first kappa shape index (κ1) is 15.1. The van der Waals surface area contributed by atoms with Crippen LogP contribution in [0.25, 0.3) is 0 Å². The smallest absolute Gasteiger partial charge is 0.243 e. The topological polar surface area (TPSA) is 46.6 Å². The van der Waals surface area contributed by atoms with Gasteiger partial charge in [0.25, 0.3) is 0 Å². The third-order valence-electron chi connectivity index (χ3n) is 3.02. The van der Waals surface area contributed by atoms with Crippen molar-refractivity contribution in [2.75, 3.05) is 19.0 Å². The minimum absolute atomic E-state index is 0.196. The fourth-order valence-electron chi connectivity index (χ4n) is 1.98. The van der Waals surface area contributed by atoms with Crippen LogP contribution in [0.2, 0.25) is 5.02 Å². The Morgan fingerprint density at radius 1 is 1.47 bits per heavy atom. The highest BCUT2D eigenvalue weighted by Gasteiger charge is 2.35. The van der Waals surface area contributed by atoms with Gasteiger partial charge >= 0.3 is 0 Å². The summed E-state index contributed by atoms with van der Waals surface area (Å²) < 4.78 is 32.0. The molecule has 0 radical (unpaired) electrons. The molecule has 1 aromatic rings. The third kappa shape index (κ3) is 3.23. The monoisotopic (exact) mass is 323 g/mol. The molecule has 0 amide bonds. The van der Waals surface area contributed by atoms with Crippen molar-refractivity contribution in [3.8, 4) is 0 Å². The van der Waals surface area contributed by atoms with Crippen LogP contribution in [0.1, 0.15) is 6.92 Å². The van der Waals surface area contributed by atoms with Crippen molar-refractivity contribution in [1.29, 1.82) is 0 Å². The molecule has 2 atom stereocenters. The predicted octanol–water partition coefficient (Wildman–Crippen LogP) is 2.36. The summed E-state index contributed by atoms with van der Waals surface area (Å²) in [6, 6.07) is 6.04. The largest absolute Gasteiger partial charge is 0.374 e. The first-order valence-corrected chi connectivity index (χ1v) is 8.25. The third-order valence-corrected chi connectivity index (χ3v) is 5.58. The van der Waals surface area contributed by atoms with Crippen molar-refractivity contribution in [3.05, 3.63) is 29.3 Å². The molecule has 1 aromatic carbocycles. The van der Waals surface area contributed by atoms with Gasteiger partial charge in [0.2, 0.25) is 10.0 Å². The molecule has 0 bridgehead atoms. The molecule has 0 N–H and O–H groups in total. The molecular formula is C12H15Cl2NO3S. The zero-order valence-electron chi connectivity index (χ0n) is 10.4. The van der Waals surface area contributed by atoms with Crippen LogP contribution in [0.3, 0.4) is 0 Å². The van der Waals surface area contributed by atoms with E-state index in [0.717, 1.165) is 0 Å². The minimum atomic E-state index is -3.57. The van der Waals surface area contributed by atoms with E-state index < -0.39 is 10.0 Å². The minimum Gasteiger partial charge on any atom is -0.374 e. The van der Waals surface area contributed by atoms with Gasteiger partial charge in [-0.05, 0) is 25.1 Å². The zero-order valence-corrected chi connectivity index (χ0v) is 12.7. The first-order chi connectivity index (χ1) is 8.95. The highest BCUT2D eigenvalue weighted by atomic mass is 35.5. The van der Waals surface area contributed by atoms with Crippen molar-refractivity contribution < 1.29 is 13.2 Å². The summed E-state index contributed by atoms with van der Waals surface area (Å²) >= 11 is 11.6. The molecule has 2 rings (SSSR count). The molecule has 7 heteroatoms. The van der Waals surface area contributed by atoms with Crippen molar-refractivity contribution in [2.24, 2.45) is 0 Å². The zero-order chi connectivity index (χ0) is 14.0. The molecule has 1 saturated heterocycles. The van der Waals surface area contributed by atoms with Gasteiger partial charge in [0.15, 0.2) is 0 Å². The summed E-state index contributed by atoms with van der Waals surface area (Å²) in [7, 11) is -3.57. The first-order valence-electron chi connectivity index (χ1n) is 5.90. The average molecular weight is 324 g/mol. The van der Waals surface area contributed by atoms with Gasteiger partial charge in [0.1, 0.15) is 0 Å². The second-order valence-electron chi connectivity index (χ2n) is 4.49. The summed E-state index contributed by atoms with van der Waals surface area (Å²) in [5, 5.41) is 0.399. The van der Waals surface area contributed by atoms with Gasteiger partial charge in [-0.15, -0.1) is 11.6 Å². The van der Waals surface area contributed by atoms with Crippen LogP contribution in [-0.2, 0) is 14.8 Å². The van der Waals surface area contributed by atoms with Crippen molar-refractivity contribution in [1.82, 2.24) is 4.31 Å². The molecule has 2 unspecified atom stereocenters. The second-order valence-corrected chi connectivity index (χ2v) is 7.13. The second kappa shape index (κ2) is 5.97. The molecular weight excluding hydrogens is 309 g/mol. The van der Waals surface area contributed by atoms with Gasteiger partial charge < -0.3 is 4.74 Å². The Hall–Kier alpha value is -0.330.